The summed E-state index contributed by atoms with van der Waals surface area (Å²) in [5.41, 5.74) is 3.97. The Morgan fingerprint density at radius 2 is 1.96 bits per heavy atom. The Hall–Kier alpha value is -2.96. The molecule has 0 radical (unpaired) electrons. The summed E-state index contributed by atoms with van der Waals surface area (Å²) in [6, 6.07) is 8.89. The molecule has 7 nitrogen and oxygen atoms in total. The zero-order valence-corrected chi connectivity index (χ0v) is 15.6. The van der Waals surface area contributed by atoms with Crippen molar-refractivity contribution >= 4 is 5.95 Å². The fourth-order valence-electron chi connectivity index (χ4n) is 4.59. The Labute approximate surface area is 158 Å². The Bertz CT molecular complexity index is 982. The van der Waals surface area contributed by atoms with Crippen molar-refractivity contribution in [1.82, 2.24) is 24.7 Å². The van der Waals surface area contributed by atoms with Crippen LogP contribution in [-0.4, -0.2) is 44.9 Å². The maximum atomic E-state index is 5.08. The number of methoxy groups -OCH3 is 1. The Kier molecular flexibility index (Phi) is 3.63. The van der Waals surface area contributed by atoms with Gasteiger partial charge in [0.15, 0.2) is 5.82 Å². The van der Waals surface area contributed by atoms with Gasteiger partial charge in [0.1, 0.15) is 5.69 Å². The van der Waals surface area contributed by atoms with Crippen molar-refractivity contribution < 1.29 is 4.74 Å². The molecule has 0 saturated carbocycles. The fourth-order valence-corrected chi connectivity index (χ4v) is 4.59. The minimum absolute atomic E-state index is 0.253. The first kappa shape index (κ1) is 16.2. The summed E-state index contributed by atoms with van der Waals surface area (Å²) in [5.74, 6) is 2.10. The van der Waals surface area contributed by atoms with Crippen molar-refractivity contribution in [1.29, 1.82) is 0 Å². The third-order valence-corrected chi connectivity index (χ3v) is 6.02. The van der Waals surface area contributed by atoms with Gasteiger partial charge in [-0.3, -0.25) is 4.57 Å². The maximum Gasteiger partial charge on any atom is 0.232 e. The zero-order valence-electron chi connectivity index (χ0n) is 15.6. The van der Waals surface area contributed by atoms with E-state index >= 15 is 0 Å². The van der Waals surface area contributed by atoms with Crippen LogP contribution in [0.25, 0.3) is 11.5 Å². The van der Waals surface area contributed by atoms with Crippen LogP contribution >= 0.6 is 0 Å². The lowest BCUT2D eigenvalue weighted by Gasteiger charge is -2.25. The summed E-state index contributed by atoms with van der Waals surface area (Å²) in [6.45, 7) is 1.98. The summed E-state index contributed by atoms with van der Waals surface area (Å²) in [7, 11) is 3.57. The number of nitrogens with zero attached hydrogens (tertiary/aromatic N) is 6. The van der Waals surface area contributed by atoms with E-state index in [1.807, 2.05) is 11.6 Å². The van der Waals surface area contributed by atoms with Crippen LogP contribution in [0.15, 0.2) is 36.7 Å². The van der Waals surface area contributed by atoms with Crippen molar-refractivity contribution in [3.8, 4) is 17.4 Å². The molecule has 3 aromatic rings. The number of rotatable bonds is 3. The Morgan fingerprint density at radius 3 is 2.78 bits per heavy atom. The average Bonchev–Trinajstić information content (AvgIpc) is 3.41. The molecule has 2 aromatic heterocycles. The highest BCUT2D eigenvalue weighted by atomic mass is 16.5. The lowest BCUT2D eigenvalue weighted by atomic mass is 9.81. The predicted molar refractivity (Wildman–Crippen MR) is 102 cm³/mol. The normalized spacial score (nSPS) is 21.0. The van der Waals surface area contributed by atoms with Gasteiger partial charge in [0.05, 0.1) is 19.5 Å². The quantitative estimate of drug-likeness (QED) is 0.713. The monoisotopic (exact) mass is 362 g/mol. The van der Waals surface area contributed by atoms with E-state index in [4.69, 9.17) is 4.74 Å². The van der Waals surface area contributed by atoms with Crippen LogP contribution in [0.2, 0.25) is 0 Å². The number of hydrogen-bond acceptors (Lipinski definition) is 6. The lowest BCUT2D eigenvalue weighted by molar-refractivity contribution is 0.396. The van der Waals surface area contributed by atoms with Crippen LogP contribution in [-0.2, 0) is 18.9 Å². The van der Waals surface area contributed by atoms with Crippen LogP contribution in [0.3, 0.4) is 0 Å². The van der Waals surface area contributed by atoms with Crippen LogP contribution in [0.1, 0.15) is 24.0 Å². The van der Waals surface area contributed by atoms with Gasteiger partial charge in [-0.1, -0.05) is 24.3 Å². The molecule has 1 aliphatic heterocycles. The first-order valence-electron chi connectivity index (χ1n) is 9.29. The van der Waals surface area contributed by atoms with Gasteiger partial charge in [0, 0.05) is 25.6 Å². The topological polar surface area (TPSA) is 69.0 Å². The SMILES string of the molecule is COc1cnc(-c2nnc(N3CCC4(CCc5ccccc54)C3)n2C)cn1. The van der Waals surface area contributed by atoms with Crippen molar-refractivity contribution in [3.63, 3.8) is 0 Å². The second-order valence-corrected chi connectivity index (χ2v) is 7.44. The molecule has 1 atom stereocenters. The first-order valence-corrected chi connectivity index (χ1v) is 9.29. The third-order valence-electron chi connectivity index (χ3n) is 6.02. The molecule has 27 heavy (non-hydrogen) atoms. The smallest absolute Gasteiger partial charge is 0.232 e. The fraction of sp³-hybridized carbons (Fsp3) is 0.400. The van der Waals surface area contributed by atoms with E-state index in [-0.39, 0.29) is 5.41 Å². The number of aryl methyl sites for hydroxylation is 1. The maximum absolute atomic E-state index is 5.08. The highest BCUT2D eigenvalue weighted by molar-refractivity contribution is 5.53. The van der Waals surface area contributed by atoms with Gasteiger partial charge in [0.2, 0.25) is 11.8 Å². The van der Waals surface area contributed by atoms with E-state index < -0.39 is 0 Å². The van der Waals surface area contributed by atoms with E-state index in [1.165, 1.54) is 24.0 Å². The Balaban J connectivity index is 1.43. The standard InChI is InChI=1S/C20H22N6O/c1-25-18(16-11-22-17(27-2)12-21-16)23-24-19(25)26-10-9-20(13-26)8-7-14-5-3-4-6-15(14)20/h3-6,11-12H,7-10,13H2,1-2H3. The molecule has 0 amide bonds. The van der Waals surface area contributed by atoms with Crippen LogP contribution in [0, 0.1) is 0 Å². The zero-order chi connectivity index (χ0) is 18.4. The second-order valence-electron chi connectivity index (χ2n) is 7.44. The molecule has 138 valence electrons. The number of fused-ring (bicyclic) bond motifs is 2. The summed E-state index contributed by atoms with van der Waals surface area (Å²) >= 11 is 0. The van der Waals surface area contributed by atoms with E-state index in [0.717, 1.165) is 25.5 Å². The van der Waals surface area contributed by atoms with Gasteiger partial charge in [-0.25, -0.2) is 9.97 Å². The highest BCUT2D eigenvalue weighted by Crippen LogP contribution is 2.46. The van der Waals surface area contributed by atoms with Crippen LogP contribution in [0.5, 0.6) is 5.88 Å². The largest absolute Gasteiger partial charge is 0.480 e. The number of ether oxygens (including phenoxy) is 1. The van der Waals surface area contributed by atoms with E-state index in [2.05, 4.69) is 49.3 Å². The molecule has 1 aliphatic carbocycles. The lowest BCUT2D eigenvalue weighted by Crippen LogP contribution is -2.30. The molecule has 3 heterocycles. The van der Waals surface area contributed by atoms with Crippen LogP contribution in [0.4, 0.5) is 5.95 Å². The molecule has 0 N–H and O–H groups in total. The van der Waals surface area contributed by atoms with Gasteiger partial charge in [0.25, 0.3) is 0 Å². The van der Waals surface area contributed by atoms with Gasteiger partial charge in [-0.15, -0.1) is 10.2 Å². The molecule has 1 aromatic carbocycles. The molecule has 0 bridgehead atoms. The summed E-state index contributed by atoms with van der Waals surface area (Å²) < 4.78 is 7.09. The molecule has 1 saturated heterocycles. The van der Waals surface area contributed by atoms with Crippen LogP contribution < -0.4 is 9.64 Å². The van der Waals surface area contributed by atoms with Gasteiger partial charge < -0.3 is 9.64 Å². The number of anilines is 1. The van der Waals surface area contributed by atoms with Crippen molar-refractivity contribution in [3.05, 3.63) is 47.8 Å². The number of aromatic nitrogens is 5. The summed E-state index contributed by atoms with van der Waals surface area (Å²) in [6.07, 6.45) is 6.83. The summed E-state index contributed by atoms with van der Waals surface area (Å²) in [4.78, 5) is 11.0. The van der Waals surface area contributed by atoms with Gasteiger partial charge >= 0.3 is 0 Å². The molecule has 5 rings (SSSR count). The minimum Gasteiger partial charge on any atom is -0.480 e. The molecular weight excluding hydrogens is 340 g/mol. The van der Waals surface area contributed by atoms with Crippen molar-refractivity contribution in [2.45, 2.75) is 24.7 Å². The predicted octanol–water partition coefficient (Wildman–Crippen LogP) is 2.38. The van der Waals surface area contributed by atoms with Crippen molar-refractivity contribution in [2.24, 2.45) is 7.05 Å². The van der Waals surface area contributed by atoms with Gasteiger partial charge in [-0.2, -0.15) is 0 Å². The molecule has 1 spiro atoms. The molecule has 7 heteroatoms. The average molecular weight is 362 g/mol. The molecule has 2 aliphatic rings. The van der Waals surface area contributed by atoms with Crippen molar-refractivity contribution in [2.75, 3.05) is 25.1 Å². The molecule has 1 unspecified atom stereocenters. The Morgan fingerprint density at radius 1 is 1.07 bits per heavy atom. The van der Waals surface area contributed by atoms with E-state index in [9.17, 15) is 0 Å². The number of hydrogen-bond donors (Lipinski definition) is 0. The molecular formula is C20H22N6O. The second kappa shape index (κ2) is 6.04. The third kappa shape index (κ3) is 2.49. The van der Waals surface area contributed by atoms with E-state index in [1.54, 1.807) is 19.5 Å². The number of benzene rings is 1. The summed E-state index contributed by atoms with van der Waals surface area (Å²) in [5, 5.41) is 8.84. The van der Waals surface area contributed by atoms with E-state index in [0.29, 0.717) is 17.4 Å². The van der Waals surface area contributed by atoms with Gasteiger partial charge in [-0.05, 0) is 30.4 Å². The molecule has 1 fully saturated rings. The minimum atomic E-state index is 0.253. The highest BCUT2D eigenvalue weighted by Gasteiger charge is 2.44. The first-order chi connectivity index (χ1) is 13.2.